The van der Waals surface area contributed by atoms with Gasteiger partial charge in [0.25, 0.3) is 5.91 Å². The Morgan fingerprint density at radius 1 is 1.06 bits per heavy atom. The van der Waals surface area contributed by atoms with E-state index in [2.05, 4.69) is 10.2 Å². The fourth-order valence-corrected chi connectivity index (χ4v) is 3.90. The molecule has 7 nitrogen and oxygen atoms in total. The summed E-state index contributed by atoms with van der Waals surface area (Å²) >= 11 is 0. The Morgan fingerprint density at radius 3 is 2.66 bits per heavy atom. The maximum absolute atomic E-state index is 13.3. The maximum atomic E-state index is 13.3. The number of rotatable bonds is 7. The number of carbonyl (C=O) groups is 2. The first kappa shape index (κ1) is 21.6. The van der Waals surface area contributed by atoms with Gasteiger partial charge in [0.15, 0.2) is 0 Å². The summed E-state index contributed by atoms with van der Waals surface area (Å²) in [5.74, 6) is 1.09. The number of carbonyl (C=O) groups excluding carboxylic acids is 2. The summed E-state index contributed by atoms with van der Waals surface area (Å²) in [6.45, 7) is 2.53. The lowest BCUT2D eigenvalue weighted by Gasteiger charge is -2.40. The van der Waals surface area contributed by atoms with Gasteiger partial charge < -0.3 is 19.4 Å². The minimum Gasteiger partial charge on any atom is -0.497 e. The van der Waals surface area contributed by atoms with Crippen molar-refractivity contribution in [1.29, 1.82) is 0 Å². The van der Waals surface area contributed by atoms with Crippen molar-refractivity contribution in [2.45, 2.75) is 19.1 Å². The van der Waals surface area contributed by atoms with Crippen LogP contribution in [0.15, 0.2) is 77.4 Å². The van der Waals surface area contributed by atoms with Crippen LogP contribution in [0.1, 0.15) is 21.7 Å². The lowest BCUT2D eigenvalue weighted by Crippen LogP contribution is -2.60. The van der Waals surface area contributed by atoms with E-state index >= 15 is 0 Å². The van der Waals surface area contributed by atoms with Crippen molar-refractivity contribution in [3.63, 3.8) is 0 Å². The second kappa shape index (κ2) is 10.2. The van der Waals surface area contributed by atoms with Crippen LogP contribution in [0.3, 0.4) is 0 Å². The highest BCUT2D eigenvalue weighted by Gasteiger charge is 2.36. The van der Waals surface area contributed by atoms with E-state index in [4.69, 9.17) is 9.15 Å². The van der Waals surface area contributed by atoms with Crippen molar-refractivity contribution in [2.75, 3.05) is 26.7 Å². The highest BCUT2D eigenvalue weighted by molar-refractivity contribution is 5.98. The molecule has 2 aromatic carbocycles. The van der Waals surface area contributed by atoms with Gasteiger partial charge >= 0.3 is 0 Å². The SMILES string of the molecule is COc1cccc(C(=O)N2CCN(Cc3ccco3)CC2C(=O)NCc2ccccc2)c1. The lowest BCUT2D eigenvalue weighted by atomic mass is 10.1. The van der Waals surface area contributed by atoms with Gasteiger partial charge in [-0.2, -0.15) is 0 Å². The second-order valence-electron chi connectivity index (χ2n) is 7.76. The van der Waals surface area contributed by atoms with Crippen molar-refractivity contribution in [2.24, 2.45) is 0 Å². The molecule has 1 N–H and O–H groups in total. The molecule has 1 unspecified atom stereocenters. The highest BCUT2D eigenvalue weighted by Crippen LogP contribution is 2.20. The average molecular weight is 434 g/mol. The predicted octanol–water partition coefficient (Wildman–Crippen LogP) is 2.93. The first-order valence-corrected chi connectivity index (χ1v) is 10.7. The van der Waals surface area contributed by atoms with Crippen LogP contribution in [0.25, 0.3) is 0 Å². The Kier molecular flexibility index (Phi) is 6.87. The minimum absolute atomic E-state index is 0.172. The fourth-order valence-electron chi connectivity index (χ4n) is 3.90. The molecule has 0 saturated carbocycles. The number of furan rings is 1. The van der Waals surface area contributed by atoms with Crippen LogP contribution in [0, 0.1) is 0 Å². The number of piperazine rings is 1. The number of benzene rings is 2. The topological polar surface area (TPSA) is 75.0 Å². The van der Waals surface area contributed by atoms with E-state index in [1.54, 1.807) is 42.5 Å². The molecule has 32 heavy (non-hydrogen) atoms. The molecular formula is C25H27N3O4. The molecule has 1 atom stereocenters. The van der Waals surface area contributed by atoms with Crippen LogP contribution < -0.4 is 10.1 Å². The largest absolute Gasteiger partial charge is 0.497 e. The summed E-state index contributed by atoms with van der Waals surface area (Å²) in [6, 6.07) is 19.9. The van der Waals surface area contributed by atoms with E-state index < -0.39 is 6.04 Å². The Balaban J connectivity index is 1.51. The van der Waals surface area contributed by atoms with Gasteiger partial charge in [0.2, 0.25) is 5.91 Å². The van der Waals surface area contributed by atoms with Gasteiger partial charge in [-0.1, -0.05) is 36.4 Å². The van der Waals surface area contributed by atoms with Crippen molar-refractivity contribution in [3.05, 3.63) is 89.9 Å². The van der Waals surface area contributed by atoms with Gasteiger partial charge in [-0.3, -0.25) is 14.5 Å². The van der Waals surface area contributed by atoms with E-state index in [0.717, 1.165) is 11.3 Å². The van der Waals surface area contributed by atoms with E-state index in [1.807, 2.05) is 42.5 Å². The number of hydrogen-bond acceptors (Lipinski definition) is 5. The first-order chi connectivity index (χ1) is 15.6. The quantitative estimate of drug-likeness (QED) is 0.620. The molecule has 3 aromatic rings. The summed E-state index contributed by atoms with van der Waals surface area (Å²) in [5, 5.41) is 3.00. The van der Waals surface area contributed by atoms with Gasteiger partial charge in [-0.15, -0.1) is 0 Å². The second-order valence-corrected chi connectivity index (χ2v) is 7.76. The average Bonchev–Trinajstić information content (AvgIpc) is 3.36. The molecular weight excluding hydrogens is 406 g/mol. The van der Waals surface area contributed by atoms with Crippen molar-refractivity contribution in [1.82, 2.24) is 15.1 Å². The molecule has 1 aliphatic rings. The zero-order valence-corrected chi connectivity index (χ0v) is 18.1. The zero-order chi connectivity index (χ0) is 22.3. The maximum Gasteiger partial charge on any atom is 0.254 e. The number of nitrogens with zero attached hydrogens (tertiary/aromatic N) is 2. The fraction of sp³-hybridized carbons (Fsp3) is 0.280. The molecule has 0 bridgehead atoms. The standard InChI is InChI=1S/C25H27N3O4/c1-31-21-10-5-9-20(15-21)25(30)28-13-12-27(17-22-11-6-14-32-22)18-23(28)24(29)26-16-19-7-3-2-4-8-19/h2-11,14-15,23H,12-13,16-18H2,1H3,(H,26,29). The third-order valence-electron chi connectivity index (χ3n) is 5.61. The van der Waals surface area contributed by atoms with Crippen LogP contribution >= 0.6 is 0 Å². The first-order valence-electron chi connectivity index (χ1n) is 10.7. The van der Waals surface area contributed by atoms with Gasteiger partial charge in [0.1, 0.15) is 17.6 Å². The normalized spacial score (nSPS) is 16.5. The molecule has 1 saturated heterocycles. The smallest absolute Gasteiger partial charge is 0.254 e. The monoisotopic (exact) mass is 433 g/mol. The Labute approximate surface area is 187 Å². The molecule has 0 aliphatic carbocycles. The van der Waals surface area contributed by atoms with Crippen LogP contribution in [0.4, 0.5) is 0 Å². The highest BCUT2D eigenvalue weighted by atomic mass is 16.5. The van der Waals surface area contributed by atoms with Crippen LogP contribution in [-0.4, -0.2) is 54.4 Å². The van der Waals surface area contributed by atoms with Crippen molar-refractivity contribution in [3.8, 4) is 5.75 Å². The molecule has 0 radical (unpaired) electrons. The number of hydrogen-bond donors (Lipinski definition) is 1. The number of amides is 2. The van der Waals surface area contributed by atoms with Gasteiger partial charge in [0, 0.05) is 31.7 Å². The van der Waals surface area contributed by atoms with E-state index in [-0.39, 0.29) is 11.8 Å². The molecule has 166 valence electrons. The number of ether oxygens (including phenoxy) is 1. The van der Waals surface area contributed by atoms with Crippen LogP contribution in [0.2, 0.25) is 0 Å². The van der Waals surface area contributed by atoms with Gasteiger partial charge in [-0.05, 0) is 35.9 Å². The Hall–Kier alpha value is -3.58. The molecule has 0 spiro atoms. The molecule has 7 heteroatoms. The van der Waals surface area contributed by atoms with E-state index in [0.29, 0.717) is 44.0 Å². The third-order valence-corrected chi connectivity index (χ3v) is 5.61. The van der Waals surface area contributed by atoms with E-state index in [9.17, 15) is 9.59 Å². The van der Waals surface area contributed by atoms with E-state index in [1.165, 1.54) is 0 Å². The summed E-state index contributed by atoms with van der Waals surface area (Å²) < 4.78 is 10.7. The van der Waals surface area contributed by atoms with Crippen LogP contribution in [0.5, 0.6) is 5.75 Å². The molecule has 1 aromatic heterocycles. The molecule has 2 amide bonds. The minimum atomic E-state index is -0.610. The summed E-state index contributed by atoms with van der Waals surface area (Å²) in [7, 11) is 1.57. The zero-order valence-electron chi connectivity index (χ0n) is 18.1. The summed E-state index contributed by atoms with van der Waals surface area (Å²) in [5.41, 5.74) is 1.51. The van der Waals surface area contributed by atoms with Gasteiger partial charge in [0.05, 0.1) is 19.9 Å². The molecule has 4 rings (SSSR count). The van der Waals surface area contributed by atoms with Gasteiger partial charge in [-0.25, -0.2) is 0 Å². The van der Waals surface area contributed by atoms with Crippen molar-refractivity contribution >= 4 is 11.8 Å². The molecule has 2 heterocycles. The molecule has 1 aliphatic heterocycles. The third kappa shape index (κ3) is 5.18. The summed E-state index contributed by atoms with van der Waals surface area (Å²) in [6.07, 6.45) is 1.64. The van der Waals surface area contributed by atoms with Crippen molar-refractivity contribution < 1.29 is 18.7 Å². The Morgan fingerprint density at radius 2 is 1.91 bits per heavy atom. The Bertz CT molecular complexity index is 1040. The van der Waals surface area contributed by atoms with Crippen LogP contribution in [-0.2, 0) is 17.9 Å². The predicted molar refractivity (Wildman–Crippen MR) is 120 cm³/mol. The molecule has 1 fully saturated rings. The number of nitrogens with one attached hydrogen (secondary N) is 1. The number of methoxy groups -OCH3 is 1. The summed E-state index contributed by atoms with van der Waals surface area (Å²) in [4.78, 5) is 30.3. The lowest BCUT2D eigenvalue weighted by molar-refractivity contribution is -0.128.